The van der Waals surface area contributed by atoms with E-state index in [2.05, 4.69) is 10.6 Å². The molecule has 2 amide bonds. The molecule has 0 spiro atoms. The number of methoxy groups -OCH3 is 1. The van der Waals surface area contributed by atoms with Gasteiger partial charge in [-0.25, -0.2) is 0 Å². The van der Waals surface area contributed by atoms with Crippen LogP contribution in [0, 0.1) is 0 Å². The van der Waals surface area contributed by atoms with Crippen LogP contribution in [0.25, 0.3) is 0 Å². The van der Waals surface area contributed by atoms with Crippen LogP contribution < -0.4 is 10.6 Å². The van der Waals surface area contributed by atoms with E-state index in [0.717, 1.165) is 0 Å². The number of amides is 2. The Bertz CT molecular complexity index is 446. The highest BCUT2D eigenvalue weighted by Crippen LogP contribution is 2.07. The number of ether oxygens (including phenoxy) is 1. The van der Waals surface area contributed by atoms with E-state index in [9.17, 15) is 14.7 Å². The summed E-state index contributed by atoms with van der Waals surface area (Å²) in [7, 11) is 1.56. The van der Waals surface area contributed by atoms with Gasteiger partial charge in [-0.3, -0.25) is 9.59 Å². The third kappa shape index (κ3) is 7.22. The lowest BCUT2D eigenvalue weighted by atomic mass is 10.0. The highest BCUT2D eigenvalue weighted by atomic mass is 32.1. The second-order valence-electron chi connectivity index (χ2n) is 5.03. The van der Waals surface area contributed by atoms with Crippen molar-refractivity contribution in [1.29, 1.82) is 0 Å². The van der Waals surface area contributed by atoms with Crippen LogP contribution in [0.4, 0.5) is 0 Å². The van der Waals surface area contributed by atoms with Crippen molar-refractivity contribution >= 4 is 23.2 Å². The Morgan fingerprint density at radius 3 is 2.81 bits per heavy atom. The molecule has 1 atom stereocenters. The van der Waals surface area contributed by atoms with Gasteiger partial charge in [-0.1, -0.05) is 0 Å². The molecule has 7 heteroatoms. The lowest BCUT2D eigenvalue weighted by molar-refractivity contribution is -0.122. The minimum absolute atomic E-state index is 0.160. The second-order valence-corrected chi connectivity index (χ2v) is 5.81. The van der Waals surface area contributed by atoms with Crippen LogP contribution in [0.1, 0.15) is 30.1 Å². The number of nitrogens with one attached hydrogen (secondary N) is 2. The fourth-order valence-electron chi connectivity index (χ4n) is 1.57. The van der Waals surface area contributed by atoms with Crippen molar-refractivity contribution < 1.29 is 19.4 Å². The molecule has 1 aromatic heterocycles. The highest BCUT2D eigenvalue weighted by Gasteiger charge is 2.20. The van der Waals surface area contributed by atoms with Gasteiger partial charge in [0.2, 0.25) is 5.91 Å². The molecular formula is C14H22N2O4S. The largest absolute Gasteiger partial charge is 0.388 e. The molecule has 0 fully saturated rings. The molecule has 1 unspecified atom stereocenters. The maximum atomic E-state index is 11.6. The molecule has 0 saturated carbocycles. The number of carbonyl (C=O) groups excluding carboxylic acids is 2. The average molecular weight is 314 g/mol. The van der Waals surface area contributed by atoms with Crippen molar-refractivity contribution in [3.63, 3.8) is 0 Å². The van der Waals surface area contributed by atoms with Crippen molar-refractivity contribution in [1.82, 2.24) is 10.6 Å². The molecule has 0 radical (unpaired) electrons. The molecule has 1 rings (SSSR count). The van der Waals surface area contributed by atoms with Crippen LogP contribution in [0.15, 0.2) is 16.8 Å². The summed E-state index contributed by atoms with van der Waals surface area (Å²) in [6.07, 6.45) is 0.620. The molecular weight excluding hydrogens is 292 g/mol. The van der Waals surface area contributed by atoms with Gasteiger partial charge in [0, 0.05) is 50.6 Å². The van der Waals surface area contributed by atoms with Gasteiger partial charge in [0.05, 0.1) is 5.60 Å². The van der Waals surface area contributed by atoms with Crippen LogP contribution in [-0.4, -0.2) is 49.3 Å². The molecule has 0 aliphatic carbocycles. The quantitative estimate of drug-likeness (QED) is 0.628. The van der Waals surface area contributed by atoms with Crippen LogP contribution in [0.5, 0.6) is 0 Å². The molecule has 0 aromatic carbocycles. The predicted octanol–water partition coefficient (Wildman–Crippen LogP) is 0.772. The van der Waals surface area contributed by atoms with E-state index >= 15 is 0 Å². The fraction of sp³-hybridized carbons (Fsp3) is 0.571. The summed E-state index contributed by atoms with van der Waals surface area (Å²) in [6.45, 7) is 2.50. The lowest BCUT2D eigenvalue weighted by Gasteiger charge is -2.23. The van der Waals surface area contributed by atoms with Crippen molar-refractivity contribution in [2.45, 2.75) is 25.4 Å². The third-order valence-electron chi connectivity index (χ3n) is 2.93. The van der Waals surface area contributed by atoms with Gasteiger partial charge in [0.1, 0.15) is 0 Å². The van der Waals surface area contributed by atoms with Crippen molar-refractivity contribution in [3.05, 3.63) is 22.4 Å². The first kappa shape index (κ1) is 17.6. The van der Waals surface area contributed by atoms with E-state index < -0.39 is 5.60 Å². The van der Waals surface area contributed by atoms with E-state index in [1.165, 1.54) is 11.3 Å². The number of carbonyl (C=O) groups is 2. The van der Waals surface area contributed by atoms with Gasteiger partial charge in [-0.05, 0) is 18.4 Å². The van der Waals surface area contributed by atoms with Crippen LogP contribution in [0.2, 0.25) is 0 Å². The zero-order valence-electron chi connectivity index (χ0n) is 12.3. The zero-order chi connectivity index (χ0) is 15.7. The summed E-state index contributed by atoms with van der Waals surface area (Å²) in [4.78, 5) is 23.3. The van der Waals surface area contributed by atoms with E-state index in [0.29, 0.717) is 18.6 Å². The number of thiophene rings is 1. The molecule has 0 aliphatic rings. The Hall–Kier alpha value is -1.44. The normalized spacial score (nSPS) is 13.5. The fourth-order valence-corrected chi connectivity index (χ4v) is 2.21. The van der Waals surface area contributed by atoms with E-state index in [4.69, 9.17) is 4.74 Å². The van der Waals surface area contributed by atoms with Gasteiger partial charge in [0.15, 0.2) is 0 Å². The Kier molecular flexibility index (Phi) is 7.35. The molecule has 0 aliphatic heterocycles. The van der Waals surface area contributed by atoms with Crippen LogP contribution >= 0.6 is 11.3 Å². The Morgan fingerprint density at radius 2 is 2.19 bits per heavy atom. The summed E-state index contributed by atoms with van der Waals surface area (Å²) in [5.74, 6) is -0.394. The standard InChI is InChI=1S/C14H22N2O4S/c1-14(19,5-7-20-2)10-16-12(17)3-6-15-13(18)11-4-8-21-9-11/h4,8-9,19H,3,5-7,10H2,1-2H3,(H,15,18)(H,16,17). The van der Waals surface area contributed by atoms with Crippen molar-refractivity contribution in [3.8, 4) is 0 Å². The molecule has 0 bridgehead atoms. The topological polar surface area (TPSA) is 87.7 Å². The lowest BCUT2D eigenvalue weighted by Crippen LogP contribution is -2.42. The summed E-state index contributed by atoms with van der Waals surface area (Å²) in [6, 6.07) is 1.73. The Morgan fingerprint density at radius 1 is 1.43 bits per heavy atom. The first-order chi connectivity index (χ1) is 9.94. The highest BCUT2D eigenvalue weighted by molar-refractivity contribution is 7.08. The number of hydrogen-bond donors (Lipinski definition) is 3. The maximum absolute atomic E-state index is 11.6. The van der Waals surface area contributed by atoms with Crippen LogP contribution in [0.3, 0.4) is 0 Å². The van der Waals surface area contributed by atoms with Gasteiger partial charge in [-0.2, -0.15) is 11.3 Å². The minimum atomic E-state index is -0.994. The predicted molar refractivity (Wildman–Crippen MR) is 81.4 cm³/mol. The van der Waals surface area contributed by atoms with Gasteiger partial charge in [0.25, 0.3) is 5.91 Å². The number of aliphatic hydroxyl groups is 1. The third-order valence-corrected chi connectivity index (χ3v) is 3.62. The number of rotatable bonds is 9. The Balaban J connectivity index is 2.18. The molecule has 1 heterocycles. The molecule has 6 nitrogen and oxygen atoms in total. The number of hydrogen-bond acceptors (Lipinski definition) is 5. The molecule has 0 saturated heterocycles. The summed E-state index contributed by atoms with van der Waals surface area (Å²) in [5.41, 5.74) is -0.395. The van der Waals surface area contributed by atoms with E-state index in [1.54, 1.807) is 25.5 Å². The molecule has 1 aromatic rings. The minimum Gasteiger partial charge on any atom is -0.388 e. The summed E-state index contributed by atoms with van der Waals surface area (Å²) < 4.78 is 4.89. The average Bonchev–Trinajstić information content (AvgIpc) is 2.97. The first-order valence-corrected chi connectivity index (χ1v) is 7.67. The molecule has 118 valence electrons. The zero-order valence-corrected chi connectivity index (χ0v) is 13.2. The van der Waals surface area contributed by atoms with Crippen molar-refractivity contribution in [2.24, 2.45) is 0 Å². The van der Waals surface area contributed by atoms with Gasteiger partial charge < -0.3 is 20.5 Å². The molecule has 3 N–H and O–H groups in total. The van der Waals surface area contributed by atoms with Gasteiger partial charge >= 0.3 is 0 Å². The summed E-state index contributed by atoms with van der Waals surface area (Å²) >= 11 is 1.45. The van der Waals surface area contributed by atoms with Crippen molar-refractivity contribution in [2.75, 3.05) is 26.8 Å². The second kappa shape index (κ2) is 8.76. The van der Waals surface area contributed by atoms with E-state index in [1.807, 2.05) is 5.38 Å². The summed E-state index contributed by atoms with van der Waals surface area (Å²) in [5, 5.41) is 18.9. The van der Waals surface area contributed by atoms with Crippen LogP contribution in [-0.2, 0) is 9.53 Å². The monoisotopic (exact) mass is 314 g/mol. The maximum Gasteiger partial charge on any atom is 0.252 e. The Labute approximate surface area is 128 Å². The molecule has 21 heavy (non-hydrogen) atoms. The first-order valence-electron chi connectivity index (χ1n) is 6.73. The SMILES string of the molecule is COCCC(C)(O)CNC(=O)CCNC(=O)c1ccsc1. The van der Waals surface area contributed by atoms with E-state index in [-0.39, 0.29) is 31.3 Å². The van der Waals surface area contributed by atoms with Gasteiger partial charge in [-0.15, -0.1) is 0 Å². The smallest absolute Gasteiger partial charge is 0.252 e.